The topological polar surface area (TPSA) is 115 Å². The van der Waals surface area contributed by atoms with E-state index in [1.54, 1.807) is 53.8 Å². The minimum atomic E-state index is -3.61. The van der Waals surface area contributed by atoms with Crippen LogP contribution in [0.15, 0.2) is 18.5 Å². The summed E-state index contributed by atoms with van der Waals surface area (Å²) < 4.78 is 39.7. The Labute approximate surface area is 202 Å². The van der Waals surface area contributed by atoms with Crippen molar-refractivity contribution in [1.29, 1.82) is 0 Å². The summed E-state index contributed by atoms with van der Waals surface area (Å²) in [6.07, 6.45) is 1.77. The van der Waals surface area contributed by atoms with Crippen LogP contribution in [0, 0.1) is 11.8 Å². The maximum atomic E-state index is 13.1. The van der Waals surface area contributed by atoms with Crippen molar-refractivity contribution in [3.05, 3.63) is 18.5 Å². The van der Waals surface area contributed by atoms with Crippen LogP contribution in [0.5, 0.6) is 0 Å². The zero-order valence-corrected chi connectivity index (χ0v) is 22.3. The SMILES string of the molecule is C[C@@H]1CN(c2ccncc2N(C(=O)OC(C)(C)C)C(=O)OC(C)(C)C)C[C@H](C)C1OS(C)(=O)=O. The van der Waals surface area contributed by atoms with Crippen LogP contribution >= 0.6 is 0 Å². The summed E-state index contributed by atoms with van der Waals surface area (Å²) in [7, 11) is -3.61. The lowest BCUT2D eigenvalue weighted by molar-refractivity contribution is 0.0430. The molecule has 0 aliphatic carbocycles. The second-order valence-corrected chi connectivity index (χ2v) is 12.4. The Morgan fingerprint density at radius 1 is 1.00 bits per heavy atom. The summed E-state index contributed by atoms with van der Waals surface area (Å²) >= 11 is 0. The predicted molar refractivity (Wildman–Crippen MR) is 129 cm³/mol. The second kappa shape index (κ2) is 10.1. The van der Waals surface area contributed by atoms with E-state index in [0.717, 1.165) is 11.2 Å². The van der Waals surface area contributed by atoms with Gasteiger partial charge in [0.15, 0.2) is 0 Å². The standard InChI is InChI=1S/C23H37N3O7S/c1-15-13-25(14-16(2)19(15)33-34(9,29)30)17-10-11-24-12-18(17)26(20(27)31-22(3,4)5)21(28)32-23(6,7)8/h10-12,15-16,19H,13-14H2,1-9H3/t15-,16+,19?. The summed E-state index contributed by atoms with van der Waals surface area (Å²) in [5.74, 6) is -0.285. The predicted octanol–water partition coefficient (Wildman–Crippen LogP) is 4.20. The first-order chi connectivity index (χ1) is 15.4. The molecule has 1 aliphatic heterocycles. The Morgan fingerprint density at radius 3 is 1.88 bits per heavy atom. The number of hydrogen-bond donors (Lipinski definition) is 0. The molecule has 2 heterocycles. The van der Waals surface area contributed by atoms with Crippen LogP contribution in [0.3, 0.4) is 0 Å². The molecule has 10 nitrogen and oxygen atoms in total. The van der Waals surface area contributed by atoms with E-state index in [-0.39, 0.29) is 17.5 Å². The van der Waals surface area contributed by atoms with Crippen molar-refractivity contribution in [1.82, 2.24) is 4.98 Å². The highest BCUT2D eigenvalue weighted by molar-refractivity contribution is 7.86. The Balaban J connectivity index is 2.46. The highest BCUT2D eigenvalue weighted by atomic mass is 32.2. The van der Waals surface area contributed by atoms with Gasteiger partial charge in [0.2, 0.25) is 0 Å². The molecule has 1 saturated heterocycles. The Bertz CT molecular complexity index is 959. The first-order valence-electron chi connectivity index (χ1n) is 11.2. The van der Waals surface area contributed by atoms with Gasteiger partial charge < -0.3 is 14.4 Å². The third kappa shape index (κ3) is 7.83. The van der Waals surface area contributed by atoms with Gasteiger partial charge in [-0.3, -0.25) is 9.17 Å². The summed E-state index contributed by atoms with van der Waals surface area (Å²) in [4.78, 5) is 33.2. The molecule has 0 saturated carbocycles. The number of hydrogen-bond acceptors (Lipinski definition) is 9. The van der Waals surface area contributed by atoms with Gasteiger partial charge in [0.05, 0.1) is 24.2 Å². The summed E-state index contributed by atoms with van der Waals surface area (Å²) in [5, 5.41) is 0. The number of ether oxygens (including phenoxy) is 2. The van der Waals surface area contributed by atoms with E-state index in [2.05, 4.69) is 4.98 Å². The number of piperidine rings is 1. The molecule has 0 radical (unpaired) electrons. The van der Waals surface area contributed by atoms with Crippen molar-refractivity contribution in [2.24, 2.45) is 11.8 Å². The number of carbonyl (C=O) groups is 2. The van der Waals surface area contributed by atoms with Crippen LogP contribution in [0.4, 0.5) is 21.0 Å². The van der Waals surface area contributed by atoms with E-state index < -0.39 is 39.6 Å². The molecule has 2 rings (SSSR count). The number of carbonyl (C=O) groups excluding carboxylic acids is 2. The van der Waals surface area contributed by atoms with Crippen molar-refractivity contribution < 1.29 is 31.7 Å². The van der Waals surface area contributed by atoms with Gasteiger partial charge >= 0.3 is 12.2 Å². The first-order valence-corrected chi connectivity index (χ1v) is 13.0. The molecule has 0 N–H and O–H groups in total. The van der Waals surface area contributed by atoms with Crippen LogP contribution in [0.1, 0.15) is 55.4 Å². The van der Waals surface area contributed by atoms with Crippen LogP contribution in [0.25, 0.3) is 0 Å². The van der Waals surface area contributed by atoms with Gasteiger partial charge in [-0.25, -0.2) is 9.59 Å². The third-order valence-electron chi connectivity index (χ3n) is 4.94. The molecule has 192 valence electrons. The van der Waals surface area contributed by atoms with Gasteiger partial charge in [-0.2, -0.15) is 13.3 Å². The molecule has 0 spiro atoms. The number of pyridine rings is 1. The van der Waals surface area contributed by atoms with E-state index >= 15 is 0 Å². The van der Waals surface area contributed by atoms with Crippen molar-refractivity contribution in [2.45, 2.75) is 72.7 Å². The van der Waals surface area contributed by atoms with Crippen molar-refractivity contribution in [3.63, 3.8) is 0 Å². The summed E-state index contributed by atoms with van der Waals surface area (Å²) in [6, 6.07) is 1.70. The average Bonchev–Trinajstić information content (AvgIpc) is 2.61. The Kier molecular flexibility index (Phi) is 8.25. The fourth-order valence-corrected chi connectivity index (χ4v) is 4.61. The lowest BCUT2D eigenvalue weighted by atomic mass is 9.88. The van der Waals surface area contributed by atoms with Crippen molar-refractivity contribution in [2.75, 3.05) is 29.1 Å². The molecule has 1 unspecified atom stereocenters. The molecular formula is C23H37N3O7S. The van der Waals surface area contributed by atoms with Gasteiger partial charge in [0, 0.05) is 31.1 Å². The van der Waals surface area contributed by atoms with E-state index in [1.807, 2.05) is 18.7 Å². The average molecular weight is 500 g/mol. The second-order valence-electron chi connectivity index (χ2n) is 10.8. The van der Waals surface area contributed by atoms with Crippen LogP contribution in [-0.2, 0) is 23.8 Å². The number of aromatic nitrogens is 1. The first kappa shape index (κ1) is 27.8. The number of amides is 2. The molecular weight excluding hydrogens is 462 g/mol. The summed E-state index contributed by atoms with van der Waals surface area (Å²) in [6.45, 7) is 14.9. The quantitative estimate of drug-likeness (QED) is 0.562. The molecule has 1 aromatic rings. The fraction of sp³-hybridized carbons (Fsp3) is 0.696. The van der Waals surface area contributed by atoms with E-state index in [1.165, 1.54) is 6.20 Å². The van der Waals surface area contributed by atoms with E-state index in [4.69, 9.17) is 13.7 Å². The van der Waals surface area contributed by atoms with Crippen LogP contribution in [0.2, 0.25) is 0 Å². The lowest BCUT2D eigenvalue weighted by Crippen LogP contribution is -2.50. The van der Waals surface area contributed by atoms with Gasteiger partial charge in [-0.1, -0.05) is 13.8 Å². The fourth-order valence-electron chi connectivity index (χ4n) is 3.83. The molecule has 3 atom stereocenters. The smallest absolute Gasteiger partial charge is 0.424 e. The normalized spacial score (nSPS) is 21.7. The number of imide groups is 1. The van der Waals surface area contributed by atoms with Crippen molar-refractivity contribution >= 4 is 33.7 Å². The largest absolute Gasteiger partial charge is 0.443 e. The zero-order valence-electron chi connectivity index (χ0n) is 21.5. The molecule has 11 heteroatoms. The molecule has 1 aliphatic rings. The third-order valence-corrected chi connectivity index (χ3v) is 5.51. The molecule has 1 fully saturated rings. The highest BCUT2D eigenvalue weighted by Gasteiger charge is 2.39. The maximum Gasteiger partial charge on any atom is 0.424 e. The molecule has 34 heavy (non-hydrogen) atoms. The van der Waals surface area contributed by atoms with E-state index in [9.17, 15) is 18.0 Å². The summed E-state index contributed by atoms with van der Waals surface area (Å²) in [5.41, 5.74) is -0.898. The molecule has 0 bridgehead atoms. The number of anilines is 2. The molecule has 1 aromatic heterocycles. The lowest BCUT2D eigenvalue weighted by Gasteiger charge is -2.42. The monoisotopic (exact) mass is 499 g/mol. The number of rotatable bonds is 4. The van der Waals surface area contributed by atoms with Gasteiger partial charge in [-0.15, -0.1) is 0 Å². The number of nitrogens with zero attached hydrogens (tertiary/aromatic N) is 3. The van der Waals surface area contributed by atoms with Gasteiger partial charge in [-0.05, 0) is 47.6 Å². The molecule has 2 amide bonds. The Morgan fingerprint density at radius 2 is 1.47 bits per heavy atom. The minimum absolute atomic E-state index is 0.143. The minimum Gasteiger partial charge on any atom is -0.443 e. The van der Waals surface area contributed by atoms with Gasteiger partial charge in [0.25, 0.3) is 10.1 Å². The van der Waals surface area contributed by atoms with Crippen LogP contribution in [-0.4, -0.2) is 62.2 Å². The van der Waals surface area contributed by atoms with Gasteiger partial charge in [0.1, 0.15) is 16.9 Å². The van der Waals surface area contributed by atoms with E-state index in [0.29, 0.717) is 18.8 Å². The zero-order chi connectivity index (χ0) is 26.1. The Hall–Kier alpha value is -2.40. The maximum absolute atomic E-state index is 13.1. The van der Waals surface area contributed by atoms with Crippen LogP contribution < -0.4 is 9.80 Å². The molecule has 0 aromatic carbocycles. The highest BCUT2D eigenvalue weighted by Crippen LogP contribution is 2.36. The van der Waals surface area contributed by atoms with Crippen molar-refractivity contribution in [3.8, 4) is 0 Å².